The molecule has 0 aliphatic rings. The van der Waals surface area contributed by atoms with Crippen LogP contribution in [0.2, 0.25) is 0 Å². The SMILES string of the molecule is CC(C)N(C)CCCCNCC(F)(F)c1ccccc1. The Kier molecular flexibility index (Phi) is 7.10. The van der Waals surface area contributed by atoms with Crippen molar-refractivity contribution in [3.05, 3.63) is 35.9 Å². The summed E-state index contributed by atoms with van der Waals surface area (Å²) in [6.45, 7) is 5.65. The Balaban J connectivity index is 2.18. The van der Waals surface area contributed by atoms with Crippen molar-refractivity contribution in [2.75, 3.05) is 26.7 Å². The minimum Gasteiger partial charge on any atom is -0.311 e. The van der Waals surface area contributed by atoms with Crippen LogP contribution in [0.3, 0.4) is 0 Å². The standard InChI is InChI=1S/C16H26F2N2/c1-14(2)20(3)12-8-7-11-19-13-16(17,18)15-9-5-4-6-10-15/h4-6,9-10,14,19H,7-8,11-13H2,1-3H3. The monoisotopic (exact) mass is 284 g/mol. The van der Waals surface area contributed by atoms with E-state index < -0.39 is 5.92 Å². The highest BCUT2D eigenvalue weighted by Gasteiger charge is 2.30. The van der Waals surface area contributed by atoms with Crippen molar-refractivity contribution in [2.45, 2.75) is 38.7 Å². The number of unbranched alkanes of at least 4 members (excludes halogenated alkanes) is 1. The van der Waals surface area contributed by atoms with Crippen LogP contribution in [0.4, 0.5) is 8.78 Å². The molecule has 0 aliphatic heterocycles. The third-order valence-electron chi connectivity index (χ3n) is 3.54. The van der Waals surface area contributed by atoms with Crippen molar-refractivity contribution >= 4 is 0 Å². The molecule has 0 bridgehead atoms. The maximum atomic E-state index is 13.8. The summed E-state index contributed by atoms with van der Waals surface area (Å²) in [5.74, 6) is -2.80. The largest absolute Gasteiger partial charge is 0.311 e. The van der Waals surface area contributed by atoms with Crippen LogP contribution >= 0.6 is 0 Å². The van der Waals surface area contributed by atoms with Gasteiger partial charge in [0.15, 0.2) is 0 Å². The zero-order valence-corrected chi connectivity index (χ0v) is 12.7. The highest BCUT2D eigenvalue weighted by molar-refractivity contribution is 5.20. The first-order chi connectivity index (χ1) is 9.43. The highest BCUT2D eigenvalue weighted by Crippen LogP contribution is 2.26. The van der Waals surface area contributed by atoms with Crippen LogP contribution in [0.15, 0.2) is 30.3 Å². The van der Waals surface area contributed by atoms with Gasteiger partial charge in [0.25, 0.3) is 5.92 Å². The maximum absolute atomic E-state index is 13.8. The van der Waals surface area contributed by atoms with Crippen LogP contribution in [0.1, 0.15) is 32.3 Å². The maximum Gasteiger partial charge on any atom is 0.285 e. The van der Waals surface area contributed by atoms with Gasteiger partial charge in [-0.15, -0.1) is 0 Å². The van der Waals surface area contributed by atoms with Gasteiger partial charge in [-0.3, -0.25) is 0 Å². The fourth-order valence-corrected chi connectivity index (χ4v) is 1.90. The zero-order valence-electron chi connectivity index (χ0n) is 12.7. The summed E-state index contributed by atoms with van der Waals surface area (Å²) in [4.78, 5) is 2.26. The molecule has 1 N–H and O–H groups in total. The molecule has 114 valence electrons. The Morgan fingerprint density at radius 3 is 2.40 bits per heavy atom. The summed E-state index contributed by atoms with van der Waals surface area (Å²) in [6.07, 6.45) is 1.94. The Bertz CT molecular complexity index is 366. The van der Waals surface area contributed by atoms with Crippen LogP contribution in [-0.4, -0.2) is 37.6 Å². The minimum absolute atomic E-state index is 0.0760. The molecule has 0 radical (unpaired) electrons. The van der Waals surface area contributed by atoms with Crippen molar-refractivity contribution < 1.29 is 8.78 Å². The lowest BCUT2D eigenvalue weighted by molar-refractivity contribution is -0.00303. The first kappa shape index (κ1) is 17.1. The fraction of sp³-hybridized carbons (Fsp3) is 0.625. The summed E-state index contributed by atoms with van der Waals surface area (Å²) < 4.78 is 27.7. The normalized spacial score (nSPS) is 12.3. The van der Waals surface area contributed by atoms with Crippen molar-refractivity contribution in [3.8, 4) is 0 Å². The summed E-state index contributed by atoms with van der Waals surface area (Å²) in [5.41, 5.74) is 0.0760. The van der Waals surface area contributed by atoms with E-state index in [0.717, 1.165) is 19.4 Å². The number of hydrogen-bond acceptors (Lipinski definition) is 2. The first-order valence-electron chi connectivity index (χ1n) is 7.28. The number of hydrogen-bond donors (Lipinski definition) is 1. The smallest absolute Gasteiger partial charge is 0.285 e. The number of nitrogens with zero attached hydrogens (tertiary/aromatic N) is 1. The van der Waals surface area contributed by atoms with Crippen molar-refractivity contribution in [2.24, 2.45) is 0 Å². The lowest BCUT2D eigenvalue weighted by Crippen LogP contribution is -2.32. The topological polar surface area (TPSA) is 15.3 Å². The molecule has 0 atom stereocenters. The molecule has 0 aliphatic carbocycles. The molecule has 0 spiro atoms. The quantitative estimate of drug-likeness (QED) is 0.698. The van der Waals surface area contributed by atoms with Gasteiger partial charge in [0, 0.05) is 11.6 Å². The van der Waals surface area contributed by atoms with Gasteiger partial charge in [-0.2, -0.15) is 8.78 Å². The van der Waals surface area contributed by atoms with Gasteiger partial charge >= 0.3 is 0 Å². The third kappa shape index (κ3) is 5.97. The van der Waals surface area contributed by atoms with E-state index in [1.807, 2.05) is 0 Å². The fourth-order valence-electron chi connectivity index (χ4n) is 1.90. The summed E-state index contributed by atoms with van der Waals surface area (Å²) in [5, 5.41) is 2.86. The Labute approximate surface area is 121 Å². The van der Waals surface area contributed by atoms with Gasteiger partial charge in [-0.25, -0.2) is 0 Å². The molecule has 20 heavy (non-hydrogen) atoms. The van der Waals surface area contributed by atoms with Crippen molar-refractivity contribution in [1.29, 1.82) is 0 Å². The number of nitrogens with one attached hydrogen (secondary N) is 1. The first-order valence-corrected chi connectivity index (χ1v) is 7.28. The van der Waals surface area contributed by atoms with Gasteiger partial charge in [0.05, 0.1) is 6.54 Å². The molecule has 0 heterocycles. The summed E-state index contributed by atoms with van der Waals surface area (Å²) >= 11 is 0. The minimum atomic E-state index is -2.80. The van der Waals surface area contributed by atoms with E-state index >= 15 is 0 Å². The lowest BCUT2D eigenvalue weighted by atomic mass is 10.1. The van der Waals surface area contributed by atoms with Gasteiger partial charge in [-0.1, -0.05) is 30.3 Å². The molecule has 0 saturated carbocycles. The van der Waals surface area contributed by atoms with Crippen molar-refractivity contribution in [3.63, 3.8) is 0 Å². The van der Waals surface area contributed by atoms with E-state index in [4.69, 9.17) is 0 Å². The highest BCUT2D eigenvalue weighted by atomic mass is 19.3. The molecule has 2 nitrogen and oxygen atoms in total. The van der Waals surface area contributed by atoms with Crippen LogP contribution in [0.5, 0.6) is 0 Å². The molecule has 0 saturated heterocycles. The second kappa shape index (κ2) is 8.32. The second-order valence-electron chi connectivity index (χ2n) is 5.53. The molecular weight excluding hydrogens is 258 g/mol. The lowest BCUT2D eigenvalue weighted by Gasteiger charge is -2.21. The molecular formula is C16H26F2N2. The molecule has 4 heteroatoms. The number of benzene rings is 1. The van der Waals surface area contributed by atoms with Crippen LogP contribution in [0.25, 0.3) is 0 Å². The predicted octanol–water partition coefficient (Wildman–Crippen LogP) is 3.49. The van der Waals surface area contributed by atoms with Gasteiger partial charge in [-0.05, 0) is 46.8 Å². The average molecular weight is 284 g/mol. The molecule has 0 unspecified atom stereocenters. The summed E-state index contributed by atoms with van der Waals surface area (Å²) in [7, 11) is 2.08. The Hall–Kier alpha value is -1.00. The van der Waals surface area contributed by atoms with Gasteiger partial charge < -0.3 is 10.2 Å². The van der Waals surface area contributed by atoms with Crippen molar-refractivity contribution in [1.82, 2.24) is 10.2 Å². The summed E-state index contributed by atoms with van der Waals surface area (Å²) in [6, 6.07) is 8.51. The number of alkyl halides is 2. The second-order valence-corrected chi connectivity index (χ2v) is 5.53. The van der Waals surface area contributed by atoms with Crippen LogP contribution in [0, 0.1) is 0 Å². The zero-order chi connectivity index (χ0) is 15.0. The Morgan fingerprint density at radius 2 is 1.80 bits per heavy atom. The Morgan fingerprint density at radius 1 is 1.15 bits per heavy atom. The predicted molar refractivity (Wildman–Crippen MR) is 80.2 cm³/mol. The van der Waals surface area contributed by atoms with E-state index in [-0.39, 0.29) is 12.1 Å². The molecule has 1 aromatic carbocycles. The molecule has 1 rings (SSSR count). The van der Waals surface area contributed by atoms with E-state index in [2.05, 4.69) is 31.1 Å². The van der Waals surface area contributed by atoms with Gasteiger partial charge in [0.2, 0.25) is 0 Å². The van der Waals surface area contributed by atoms with Crippen LogP contribution in [-0.2, 0) is 5.92 Å². The van der Waals surface area contributed by atoms with E-state index in [1.54, 1.807) is 18.2 Å². The number of halogens is 2. The van der Waals surface area contributed by atoms with Crippen LogP contribution < -0.4 is 5.32 Å². The molecule has 1 aromatic rings. The number of rotatable bonds is 9. The van der Waals surface area contributed by atoms with Gasteiger partial charge in [0.1, 0.15) is 0 Å². The third-order valence-corrected chi connectivity index (χ3v) is 3.54. The molecule has 0 fully saturated rings. The van der Waals surface area contributed by atoms with E-state index in [0.29, 0.717) is 12.6 Å². The average Bonchev–Trinajstić information content (AvgIpc) is 2.43. The van der Waals surface area contributed by atoms with E-state index in [1.165, 1.54) is 12.1 Å². The molecule has 0 aromatic heterocycles. The van der Waals surface area contributed by atoms with E-state index in [9.17, 15) is 8.78 Å². The molecule has 0 amide bonds.